The van der Waals surface area contributed by atoms with E-state index in [1.54, 1.807) is 18.2 Å². The largest absolute Gasteiger partial charge is 0.391 e. The number of halogens is 1. The molecule has 1 saturated carbocycles. The molecule has 30 heavy (non-hydrogen) atoms. The van der Waals surface area contributed by atoms with Gasteiger partial charge in [0.15, 0.2) is 14.6 Å². The highest BCUT2D eigenvalue weighted by atomic mass is 79.9. The number of rotatable bonds is 5. The van der Waals surface area contributed by atoms with Crippen molar-refractivity contribution in [2.75, 3.05) is 0 Å². The highest BCUT2D eigenvalue weighted by molar-refractivity contribution is 9.10. The molecule has 0 radical (unpaired) electrons. The molecule has 1 N–H and O–H groups in total. The molecule has 0 unspecified atom stereocenters. The number of amides is 1. The molecule has 0 saturated heterocycles. The van der Waals surface area contributed by atoms with Gasteiger partial charge in [-0.25, -0.2) is 8.42 Å². The first-order chi connectivity index (χ1) is 14.2. The maximum Gasteiger partial charge on any atom is 0.242 e. The topological polar surface area (TPSA) is 84.8 Å². The number of oxime groups is 1. The lowest BCUT2D eigenvalue weighted by Gasteiger charge is -2.29. The Bertz CT molecular complexity index is 1100. The Balaban J connectivity index is 1.76. The Morgan fingerprint density at radius 3 is 2.57 bits per heavy atom. The molecule has 6 nitrogen and oxygen atoms in total. The van der Waals surface area contributed by atoms with Crippen LogP contribution in [0.5, 0.6) is 0 Å². The van der Waals surface area contributed by atoms with Gasteiger partial charge < -0.3 is 10.2 Å². The molecule has 2 aliphatic rings. The van der Waals surface area contributed by atoms with Crippen molar-refractivity contribution in [1.29, 1.82) is 0 Å². The van der Waals surface area contributed by atoms with Crippen molar-refractivity contribution < 1.29 is 18.0 Å². The predicted octanol–water partition coefficient (Wildman–Crippen LogP) is 3.70. The summed E-state index contributed by atoms with van der Waals surface area (Å²) in [4.78, 5) is 19.1. The highest BCUT2D eigenvalue weighted by Gasteiger charge is 2.62. The maximum atomic E-state index is 13.7. The molecule has 8 heteroatoms. The molecule has 4 rings (SSSR count). The van der Waals surface area contributed by atoms with Crippen LogP contribution in [0, 0.1) is 5.92 Å². The quantitative estimate of drug-likeness (QED) is 0.692. The van der Waals surface area contributed by atoms with Crippen LogP contribution in [0.3, 0.4) is 0 Å². The van der Waals surface area contributed by atoms with E-state index in [1.807, 2.05) is 38.1 Å². The van der Waals surface area contributed by atoms with Crippen molar-refractivity contribution >= 4 is 37.4 Å². The molecular weight excluding hydrogens is 468 g/mol. The second-order valence-corrected chi connectivity index (χ2v) is 11.3. The molecular formula is C22H23BrN2O4S. The van der Waals surface area contributed by atoms with Crippen molar-refractivity contribution in [1.82, 2.24) is 5.32 Å². The Hall–Kier alpha value is -2.19. The Morgan fingerprint density at radius 2 is 1.90 bits per heavy atom. The number of nitrogens with zero attached hydrogens (tertiary/aromatic N) is 1. The molecule has 1 aliphatic heterocycles. The summed E-state index contributed by atoms with van der Waals surface area (Å²) in [7, 11) is -3.96. The number of carbonyl (C=O) groups excluding carboxylic acids is 1. The zero-order valence-corrected chi connectivity index (χ0v) is 19.1. The zero-order valence-electron chi connectivity index (χ0n) is 16.7. The molecule has 158 valence electrons. The summed E-state index contributed by atoms with van der Waals surface area (Å²) in [5.74, 6) is -0.761. The van der Waals surface area contributed by atoms with Gasteiger partial charge in [0.1, 0.15) is 6.10 Å². The Labute approximate surface area is 184 Å². The molecule has 1 aliphatic carbocycles. The fourth-order valence-corrected chi connectivity index (χ4v) is 6.72. The minimum atomic E-state index is -3.96. The number of nitrogens with one attached hydrogen (secondary N) is 1. The summed E-state index contributed by atoms with van der Waals surface area (Å²) < 4.78 is 26.8. The number of fused-ring (bicyclic) bond motifs is 1. The lowest BCUT2D eigenvalue weighted by atomic mass is 9.93. The molecule has 2 aromatic rings. The van der Waals surface area contributed by atoms with Crippen LogP contribution in [0.15, 0.2) is 69.1 Å². The van der Waals surface area contributed by atoms with E-state index in [9.17, 15) is 13.2 Å². The second-order valence-electron chi connectivity index (χ2n) is 8.08. The van der Waals surface area contributed by atoms with Crippen LogP contribution in [0.1, 0.15) is 32.3 Å². The van der Waals surface area contributed by atoms with Crippen LogP contribution in [0.2, 0.25) is 0 Å². The third-order valence-corrected chi connectivity index (χ3v) is 8.62. The fourth-order valence-electron chi connectivity index (χ4n) is 4.27. The number of sulfone groups is 1. The van der Waals surface area contributed by atoms with Crippen LogP contribution in [0.4, 0.5) is 0 Å². The van der Waals surface area contributed by atoms with Gasteiger partial charge in [0.05, 0.1) is 10.6 Å². The van der Waals surface area contributed by atoms with Crippen LogP contribution >= 0.6 is 15.9 Å². The first-order valence-electron chi connectivity index (χ1n) is 9.85. The summed E-state index contributed by atoms with van der Waals surface area (Å²) in [6.07, 6.45) is -0.275. The molecule has 2 aromatic carbocycles. The maximum absolute atomic E-state index is 13.7. The number of benzene rings is 2. The van der Waals surface area contributed by atoms with Crippen LogP contribution in [-0.2, 0) is 19.5 Å². The van der Waals surface area contributed by atoms with E-state index >= 15 is 0 Å². The highest BCUT2D eigenvalue weighted by Crippen LogP contribution is 2.48. The fraction of sp³-hybridized carbons (Fsp3) is 0.364. The molecule has 0 spiro atoms. The van der Waals surface area contributed by atoms with Gasteiger partial charge in [0.25, 0.3) is 0 Å². The van der Waals surface area contributed by atoms with Gasteiger partial charge in [0.2, 0.25) is 5.91 Å². The molecule has 1 fully saturated rings. The molecule has 1 amide bonds. The monoisotopic (exact) mass is 490 g/mol. The van der Waals surface area contributed by atoms with Crippen LogP contribution in [-0.4, -0.2) is 36.9 Å². The van der Waals surface area contributed by atoms with Crippen molar-refractivity contribution in [2.24, 2.45) is 11.1 Å². The van der Waals surface area contributed by atoms with Gasteiger partial charge in [-0.05, 0) is 44.5 Å². The standard InChI is InChI=1S/C22H23BrN2O4S/c1-14(2)24-21(26)22(30(27,28)17-9-4-3-5-10-17)12-18-19(13-22)29-25-20(18)15-7-6-8-16(23)11-15/h3-11,14,18-19H,12-13H2,1-2H3,(H,24,26)/t18-,19+,22-/m1/s1. The third kappa shape index (κ3) is 3.46. The van der Waals surface area contributed by atoms with Gasteiger partial charge in [-0.1, -0.05) is 51.4 Å². The van der Waals surface area contributed by atoms with E-state index < -0.39 is 26.6 Å². The summed E-state index contributed by atoms with van der Waals surface area (Å²) >= 11 is 3.46. The smallest absolute Gasteiger partial charge is 0.242 e. The minimum Gasteiger partial charge on any atom is -0.391 e. The molecule has 0 bridgehead atoms. The molecule has 3 atom stereocenters. The van der Waals surface area contributed by atoms with Crippen molar-refractivity contribution in [3.8, 4) is 0 Å². The minimum absolute atomic E-state index is 0.0639. The van der Waals surface area contributed by atoms with E-state index in [1.165, 1.54) is 12.1 Å². The van der Waals surface area contributed by atoms with E-state index in [4.69, 9.17) is 4.84 Å². The first kappa shape index (κ1) is 21.1. The molecule has 1 heterocycles. The number of hydrogen-bond acceptors (Lipinski definition) is 5. The van der Waals surface area contributed by atoms with Gasteiger partial charge in [0, 0.05) is 28.4 Å². The first-order valence-corrected chi connectivity index (χ1v) is 12.1. The van der Waals surface area contributed by atoms with Gasteiger partial charge in [-0.2, -0.15) is 0 Å². The van der Waals surface area contributed by atoms with E-state index in [2.05, 4.69) is 26.4 Å². The lowest BCUT2D eigenvalue weighted by molar-refractivity contribution is -0.124. The summed E-state index contributed by atoms with van der Waals surface area (Å²) in [6, 6.07) is 15.6. The third-order valence-electron chi connectivity index (χ3n) is 5.69. The average Bonchev–Trinajstić information content (AvgIpc) is 3.27. The zero-order chi connectivity index (χ0) is 21.5. The van der Waals surface area contributed by atoms with E-state index in [-0.39, 0.29) is 29.7 Å². The van der Waals surface area contributed by atoms with Gasteiger partial charge >= 0.3 is 0 Å². The second kappa shape index (κ2) is 7.81. The summed E-state index contributed by atoms with van der Waals surface area (Å²) in [6.45, 7) is 3.64. The molecule has 0 aromatic heterocycles. The van der Waals surface area contributed by atoms with Gasteiger partial charge in [-0.15, -0.1) is 0 Å². The SMILES string of the molecule is CC(C)NC(=O)[C@]1(S(=O)(=O)c2ccccc2)C[C@@H]2ON=C(c3cccc(Br)c3)[C@@H]2C1. The van der Waals surface area contributed by atoms with Crippen molar-refractivity contribution in [3.05, 3.63) is 64.6 Å². The van der Waals surface area contributed by atoms with Gasteiger partial charge in [-0.3, -0.25) is 4.79 Å². The van der Waals surface area contributed by atoms with E-state index in [0.717, 1.165) is 10.0 Å². The van der Waals surface area contributed by atoms with Crippen molar-refractivity contribution in [2.45, 2.75) is 48.5 Å². The van der Waals surface area contributed by atoms with E-state index in [0.29, 0.717) is 5.71 Å². The predicted molar refractivity (Wildman–Crippen MR) is 118 cm³/mol. The summed E-state index contributed by atoms with van der Waals surface area (Å²) in [5, 5.41) is 7.07. The lowest BCUT2D eigenvalue weighted by Crippen LogP contribution is -2.53. The average molecular weight is 491 g/mol. The number of hydrogen-bond donors (Lipinski definition) is 1. The normalized spacial score (nSPS) is 25.5. The summed E-state index contributed by atoms with van der Waals surface area (Å²) in [5.41, 5.74) is 1.54. The number of carbonyl (C=O) groups is 1. The Kier molecular flexibility index (Phi) is 5.48. The van der Waals surface area contributed by atoms with Crippen LogP contribution in [0.25, 0.3) is 0 Å². The van der Waals surface area contributed by atoms with Crippen LogP contribution < -0.4 is 5.32 Å². The Morgan fingerprint density at radius 1 is 1.17 bits per heavy atom. The van der Waals surface area contributed by atoms with Crippen molar-refractivity contribution in [3.63, 3.8) is 0 Å².